The van der Waals surface area contributed by atoms with Crippen molar-refractivity contribution in [3.8, 4) is 0 Å². The second-order valence-corrected chi connectivity index (χ2v) is 5.41. The third-order valence-electron chi connectivity index (χ3n) is 3.85. The topological polar surface area (TPSA) is 38.3 Å². The second-order valence-electron chi connectivity index (χ2n) is 5.14. The molecule has 3 nitrogen and oxygen atoms in total. The van der Waals surface area contributed by atoms with Crippen molar-refractivity contribution in [2.75, 3.05) is 7.11 Å². The van der Waals surface area contributed by atoms with Crippen LogP contribution in [0.15, 0.2) is 24.3 Å². The van der Waals surface area contributed by atoms with E-state index < -0.39 is 0 Å². The zero-order chi connectivity index (χ0) is 13.7. The summed E-state index contributed by atoms with van der Waals surface area (Å²) < 4.78 is 5.45. The number of methoxy groups -OCH3 is 1. The molecule has 0 atom stereocenters. The standard InChI is InChI=1S/C15H20ClNO2/c1-19-15(7-2-8-15)9-14(18)17-11-13-5-3-12(10-16)4-6-13/h3-6H,2,7-11H2,1H3,(H,17,18). The molecule has 0 spiro atoms. The van der Waals surface area contributed by atoms with E-state index in [1.54, 1.807) is 7.11 Å². The van der Waals surface area contributed by atoms with Gasteiger partial charge in [0.25, 0.3) is 0 Å². The molecule has 0 unspecified atom stereocenters. The van der Waals surface area contributed by atoms with Crippen molar-refractivity contribution in [2.24, 2.45) is 0 Å². The Bertz CT molecular complexity index is 421. The van der Waals surface area contributed by atoms with Crippen LogP contribution in [-0.2, 0) is 22.0 Å². The summed E-state index contributed by atoms with van der Waals surface area (Å²) in [5.41, 5.74) is 1.97. The normalized spacial score (nSPS) is 16.7. The fraction of sp³-hybridized carbons (Fsp3) is 0.533. The molecule has 1 saturated carbocycles. The zero-order valence-electron chi connectivity index (χ0n) is 11.2. The maximum atomic E-state index is 11.9. The Hall–Kier alpha value is -1.06. The minimum atomic E-state index is -0.202. The highest BCUT2D eigenvalue weighted by Crippen LogP contribution is 2.37. The van der Waals surface area contributed by atoms with Crippen molar-refractivity contribution < 1.29 is 9.53 Å². The molecule has 1 amide bonds. The number of alkyl halides is 1. The summed E-state index contributed by atoms with van der Waals surface area (Å²) in [6.45, 7) is 0.557. The largest absolute Gasteiger partial charge is 0.378 e. The Morgan fingerprint density at radius 2 is 1.95 bits per heavy atom. The van der Waals surface area contributed by atoms with Gasteiger partial charge in [0.2, 0.25) is 5.91 Å². The van der Waals surface area contributed by atoms with Crippen LogP contribution in [0.4, 0.5) is 0 Å². The van der Waals surface area contributed by atoms with Gasteiger partial charge in [-0.15, -0.1) is 11.6 Å². The lowest BCUT2D eigenvalue weighted by Gasteiger charge is -2.39. The van der Waals surface area contributed by atoms with Crippen molar-refractivity contribution in [3.05, 3.63) is 35.4 Å². The van der Waals surface area contributed by atoms with Crippen LogP contribution in [0.5, 0.6) is 0 Å². The summed E-state index contributed by atoms with van der Waals surface area (Å²) in [4.78, 5) is 11.9. The Balaban J connectivity index is 1.79. The van der Waals surface area contributed by atoms with Crippen molar-refractivity contribution in [2.45, 2.75) is 43.7 Å². The zero-order valence-corrected chi connectivity index (χ0v) is 12.0. The summed E-state index contributed by atoms with van der Waals surface area (Å²) in [6.07, 6.45) is 3.59. The second kappa shape index (κ2) is 6.40. The highest BCUT2D eigenvalue weighted by atomic mass is 35.5. The molecule has 0 saturated heterocycles. The van der Waals surface area contributed by atoms with E-state index in [-0.39, 0.29) is 11.5 Å². The van der Waals surface area contributed by atoms with E-state index in [1.165, 1.54) is 0 Å². The lowest BCUT2D eigenvalue weighted by Crippen LogP contribution is -2.43. The molecule has 1 N–H and O–H groups in total. The van der Waals surface area contributed by atoms with Crippen LogP contribution in [0.3, 0.4) is 0 Å². The van der Waals surface area contributed by atoms with E-state index in [4.69, 9.17) is 16.3 Å². The summed E-state index contributed by atoms with van der Waals surface area (Å²) in [5, 5.41) is 2.94. The van der Waals surface area contributed by atoms with Crippen LogP contribution in [0.25, 0.3) is 0 Å². The van der Waals surface area contributed by atoms with Crippen molar-refractivity contribution in [1.29, 1.82) is 0 Å². The fourth-order valence-electron chi connectivity index (χ4n) is 2.33. The predicted molar refractivity (Wildman–Crippen MR) is 76.1 cm³/mol. The smallest absolute Gasteiger partial charge is 0.223 e. The maximum Gasteiger partial charge on any atom is 0.223 e. The summed E-state index contributed by atoms with van der Waals surface area (Å²) >= 11 is 5.73. The van der Waals surface area contributed by atoms with E-state index in [9.17, 15) is 4.79 Å². The quantitative estimate of drug-likeness (QED) is 0.814. The maximum absolute atomic E-state index is 11.9. The summed E-state index contributed by atoms with van der Waals surface area (Å²) in [7, 11) is 1.69. The molecule has 0 aromatic heterocycles. The number of carbonyl (C=O) groups is 1. The Morgan fingerprint density at radius 1 is 1.32 bits per heavy atom. The molecule has 2 rings (SSSR count). The van der Waals surface area contributed by atoms with Gasteiger partial charge in [-0.25, -0.2) is 0 Å². The van der Waals surface area contributed by atoms with Gasteiger partial charge in [-0.05, 0) is 30.4 Å². The first-order valence-electron chi connectivity index (χ1n) is 6.63. The van der Waals surface area contributed by atoms with Crippen LogP contribution in [0.2, 0.25) is 0 Å². The minimum absolute atomic E-state index is 0.0583. The molecular weight excluding hydrogens is 262 g/mol. The number of carbonyl (C=O) groups excluding carboxylic acids is 1. The van der Waals surface area contributed by atoms with Crippen molar-refractivity contribution in [1.82, 2.24) is 5.32 Å². The van der Waals surface area contributed by atoms with Gasteiger partial charge in [0.15, 0.2) is 0 Å². The van der Waals surface area contributed by atoms with Gasteiger partial charge in [0.1, 0.15) is 0 Å². The first-order valence-corrected chi connectivity index (χ1v) is 7.16. The van der Waals surface area contributed by atoms with E-state index in [2.05, 4.69) is 5.32 Å². The van der Waals surface area contributed by atoms with Gasteiger partial charge < -0.3 is 10.1 Å². The Labute approximate surface area is 119 Å². The molecule has 104 valence electrons. The van der Waals surface area contributed by atoms with Crippen LogP contribution in [0.1, 0.15) is 36.8 Å². The molecule has 1 aromatic rings. The lowest BCUT2D eigenvalue weighted by atomic mass is 9.77. The summed E-state index contributed by atoms with van der Waals surface area (Å²) in [6, 6.07) is 7.95. The molecule has 1 aliphatic rings. The highest BCUT2D eigenvalue weighted by Gasteiger charge is 2.38. The number of halogens is 1. The molecule has 1 aliphatic carbocycles. The average Bonchev–Trinajstić information content (AvgIpc) is 2.41. The third-order valence-corrected chi connectivity index (χ3v) is 4.16. The average molecular weight is 282 g/mol. The van der Waals surface area contributed by atoms with E-state index >= 15 is 0 Å². The number of ether oxygens (including phenoxy) is 1. The van der Waals surface area contributed by atoms with Crippen LogP contribution in [-0.4, -0.2) is 18.6 Å². The van der Waals surface area contributed by atoms with Crippen molar-refractivity contribution in [3.63, 3.8) is 0 Å². The predicted octanol–water partition coefficient (Wildman–Crippen LogP) is 3.00. The van der Waals surface area contributed by atoms with E-state index in [1.807, 2.05) is 24.3 Å². The fourth-order valence-corrected chi connectivity index (χ4v) is 2.50. The molecule has 0 aliphatic heterocycles. The van der Waals surface area contributed by atoms with Crippen molar-refractivity contribution >= 4 is 17.5 Å². The number of hydrogen-bond donors (Lipinski definition) is 1. The highest BCUT2D eigenvalue weighted by molar-refractivity contribution is 6.17. The van der Waals surface area contributed by atoms with Gasteiger partial charge >= 0.3 is 0 Å². The first-order chi connectivity index (χ1) is 9.17. The van der Waals surface area contributed by atoms with Gasteiger partial charge in [0.05, 0.1) is 12.0 Å². The van der Waals surface area contributed by atoms with E-state index in [0.29, 0.717) is 18.8 Å². The SMILES string of the molecule is COC1(CC(=O)NCc2ccc(CCl)cc2)CCC1. The van der Waals surface area contributed by atoms with Gasteiger partial charge in [0, 0.05) is 19.5 Å². The number of amides is 1. The van der Waals surface area contributed by atoms with Crippen LogP contribution in [0, 0.1) is 0 Å². The Morgan fingerprint density at radius 3 is 2.42 bits per heavy atom. The van der Waals surface area contributed by atoms with Crippen LogP contribution >= 0.6 is 11.6 Å². The minimum Gasteiger partial charge on any atom is -0.378 e. The summed E-state index contributed by atoms with van der Waals surface area (Å²) in [5.74, 6) is 0.575. The molecule has 1 aromatic carbocycles. The molecule has 4 heteroatoms. The molecule has 0 radical (unpaired) electrons. The molecule has 19 heavy (non-hydrogen) atoms. The van der Waals surface area contributed by atoms with Gasteiger partial charge in [-0.1, -0.05) is 24.3 Å². The molecule has 0 bridgehead atoms. The third kappa shape index (κ3) is 3.71. The molecule has 0 heterocycles. The number of nitrogens with one attached hydrogen (secondary N) is 1. The van der Waals surface area contributed by atoms with Gasteiger partial charge in [-0.3, -0.25) is 4.79 Å². The first kappa shape index (κ1) is 14.4. The number of hydrogen-bond acceptors (Lipinski definition) is 2. The van der Waals surface area contributed by atoms with Crippen LogP contribution < -0.4 is 5.32 Å². The number of benzene rings is 1. The number of rotatable bonds is 6. The molecular formula is C15H20ClNO2. The van der Waals surface area contributed by atoms with E-state index in [0.717, 1.165) is 30.4 Å². The lowest BCUT2D eigenvalue weighted by molar-refractivity contribution is -0.134. The monoisotopic (exact) mass is 281 g/mol. The van der Waals surface area contributed by atoms with Gasteiger partial charge in [-0.2, -0.15) is 0 Å². The molecule has 1 fully saturated rings. The Kier molecular flexibility index (Phi) is 4.83.